The lowest BCUT2D eigenvalue weighted by molar-refractivity contribution is -0.119. The highest BCUT2D eigenvalue weighted by molar-refractivity contribution is 7.99. The van der Waals surface area contributed by atoms with Crippen molar-refractivity contribution < 1.29 is 4.79 Å². The highest BCUT2D eigenvalue weighted by Gasteiger charge is 2.51. The van der Waals surface area contributed by atoms with Crippen molar-refractivity contribution in [1.29, 1.82) is 0 Å². The van der Waals surface area contributed by atoms with E-state index in [0.717, 1.165) is 28.4 Å². The lowest BCUT2D eigenvalue weighted by Gasteiger charge is -2.25. The summed E-state index contributed by atoms with van der Waals surface area (Å²) in [6.07, 6.45) is 0. The number of rotatable bonds is 4. The van der Waals surface area contributed by atoms with Gasteiger partial charge < -0.3 is 4.90 Å². The van der Waals surface area contributed by atoms with Gasteiger partial charge in [-0.05, 0) is 50.2 Å². The number of fused-ring (bicyclic) bond motifs is 1. The molecule has 164 valence electrons. The summed E-state index contributed by atoms with van der Waals surface area (Å²) in [5.74, 6) is 0.750. The van der Waals surface area contributed by atoms with E-state index in [1.165, 1.54) is 11.1 Å². The molecule has 2 atom stereocenters. The molecule has 5 nitrogen and oxygen atoms in total. The quantitative estimate of drug-likeness (QED) is 0.474. The minimum Gasteiger partial charge on any atom is -0.319 e. The molecule has 2 aromatic carbocycles. The summed E-state index contributed by atoms with van der Waals surface area (Å²) in [5.41, 5.74) is 5.84. The van der Waals surface area contributed by atoms with Gasteiger partial charge in [-0.2, -0.15) is 5.10 Å². The van der Waals surface area contributed by atoms with Gasteiger partial charge in [-0.25, -0.2) is 0 Å². The Bertz CT molecular complexity index is 1220. The predicted molar refractivity (Wildman–Crippen MR) is 134 cm³/mol. The number of thioether (sulfide) groups is 1. The van der Waals surface area contributed by atoms with E-state index in [-0.39, 0.29) is 17.3 Å². The standard InChI is InChI=1S/C24H23ClN4OS2/c1-14-8-10-17(11-9-14)23-28-20(13-32-23)22(30)29(24(28)31)21-15(2)26-27(16(21)3)12-18-6-4-5-7-19(18)25/h4-11,20,23H,12-13H2,1-3H3/t20-,23-/m1/s1. The van der Waals surface area contributed by atoms with Gasteiger partial charge in [0.1, 0.15) is 11.4 Å². The van der Waals surface area contributed by atoms with Crippen LogP contribution in [-0.4, -0.2) is 37.5 Å². The molecule has 0 aliphatic carbocycles. The molecule has 0 spiro atoms. The minimum absolute atomic E-state index is 0.0283. The molecule has 1 amide bonds. The van der Waals surface area contributed by atoms with Crippen molar-refractivity contribution in [3.63, 3.8) is 0 Å². The second-order valence-corrected chi connectivity index (χ2v) is 10.1. The van der Waals surface area contributed by atoms with Crippen LogP contribution in [0.5, 0.6) is 0 Å². The van der Waals surface area contributed by atoms with Gasteiger partial charge in [-0.1, -0.05) is 59.6 Å². The number of hydrogen-bond donors (Lipinski definition) is 0. The summed E-state index contributed by atoms with van der Waals surface area (Å²) in [4.78, 5) is 17.3. The number of halogens is 1. The molecule has 2 aliphatic rings. The number of aromatic nitrogens is 2. The Kier molecular flexibility index (Phi) is 5.51. The first kappa shape index (κ1) is 21.5. The summed E-state index contributed by atoms with van der Waals surface area (Å²) in [7, 11) is 0. The van der Waals surface area contributed by atoms with Gasteiger partial charge in [0.2, 0.25) is 0 Å². The van der Waals surface area contributed by atoms with Crippen molar-refractivity contribution in [2.75, 3.05) is 10.7 Å². The largest absolute Gasteiger partial charge is 0.319 e. The molecule has 1 aromatic heterocycles. The first-order chi connectivity index (χ1) is 15.4. The normalized spacial score (nSPS) is 20.4. The van der Waals surface area contributed by atoms with E-state index in [9.17, 15) is 4.79 Å². The number of nitrogens with zero attached hydrogens (tertiary/aromatic N) is 4. The average molecular weight is 483 g/mol. The lowest BCUT2D eigenvalue weighted by Crippen LogP contribution is -2.34. The van der Waals surface area contributed by atoms with Crippen molar-refractivity contribution in [3.8, 4) is 0 Å². The van der Waals surface area contributed by atoms with Gasteiger partial charge >= 0.3 is 0 Å². The number of hydrogen-bond acceptors (Lipinski definition) is 4. The van der Waals surface area contributed by atoms with Crippen LogP contribution in [-0.2, 0) is 11.3 Å². The lowest BCUT2D eigenvalue weighted by atomic mass is 10.1. The van der Waals surface area contributed by atoms with Crippen LogP contribution in [0.4, 0.5) is 5.69 Å². The van der Waals surface area contributed by atoms with Gasteiger partial charge in [-0.3, -0.25) is 14.4 Å². The van der Waals surface area contributed by atoms with Crippen LogP contribution in [0, 0.1) is 20.8 Å². The Labute approximate surface area is 202 Å². The molecule has 2 aliphatic heterocycles. The van der Waals surface area contributed by atoms with E-state index in [4.69, 9.17) is 28.9 Å². The Morgan fingerprint density at radius 2 is 1.84 bits per heavy atom. The highest BCUT2D eigenvalue weighted by Crippen LogP contribution is 2.47. The summed E-state index contributed by atoms with van der Waals surface area (Å²) in [6.45, 7) is 6.52. The predicted octanol–water partition coefficient (Wildman–Crippen LogP) is 5.26. The van der Waals surface area contributed by atoms with Crippen molar-refractivity contribution in [2.45, 2.75) is 38.7 Å². The Balaban J connectivity index is 1.48. The molecule has 5 rings (SSSR count). The maximum absolute atomic E-state index is 13.5. The summed E-state index contributed by atoms with van der Waals surface area (Å²) < 4.78 is 1.90. The van der Waals surface area contributed by atoms with Gasteiger partial charge in [0, 0.05) is 10.8 Å². The molecule has 3 heterocycles. The molecule has 0 bridgehead atoms. The summed E-state index contributed by atoms with van der Waals surface area (Å²) in [5, 5.41) is 6.02. The van der Waals surface area contributed by atoms with E-state index in [1.54, 1.807) is 16.7 Å². The Morgan fingerprint density at radius 3 is 2.56 bits per heavy atom. The van der Waals surface area contributed by atoms with Crippen LogP contribution in [0.2, 0.25) is 5.02 Å². The maximum atomic E-state index is 13.5. The third-order valence-corrected chi connectivity index (χ3v) is 8.21. The maximum Gasteiger partial charge on any atom is 0.257 e. The zero-order valence-electron chi connectivity index (χ0n) is 18.1. The first-order valence-electron chi connectivity index (χ1n) is 10.5. The van der Waals surface area contributed by atoms with E-state index >= 15 is 0 Å². The van der Waals surface area contributed by atoms with E-state index in [0.29, 0.717) is 16.7 Å². The van der Waals surface area contributed by atoms with E-state index < -0.39 is 0 Å². The number of benzene rings is 2. The van der Waals surface area contributed by atoms with Gasteiger partial charge in [-0.15, -0.1) is 11.8 Å². The monoisotopic (exact) mass is 482 g/mol. The van der Waals surface area contributed by atoms with Crippen molar-refractivity contribution in [2.24, 2.45) is 0 Å². The second kappa shape index (κ2) is 8.21. The minimum atomic E-state index is -0.246. The molecule has 0 saturated carbocycles. The molecular formula is C24H23ClN4OS2. The van der Waals surface area contributed by atoms with Crippen LogP contribution in [0.1, 0.15) is 33.5 Å². The first-order valence-corrected chi connectivity index (χ1v) is 12.3. The molecule has 2 fully saturated rings. The van der Waals surface area contributed by atoms with Crippen LogP contribution in [0.3, 0.4) is 0 Å². The highest BCUT2D eigenvalue weighted by atomic mass is 35.5. The van der Waals surface area contributed by atoms with Gasteiger partial charge in [0.05, 0.1) is 23.6 Å². The van der Waals surface area contributed by atoms with Crippen LogP contribution >= 0.6 is 35.6 Å². The number of aryl methyl sites for hydroxylation is 2. The fourth-order valence-corrected chi connectivity index (χ4v) is 6.54. The van der Waals surface area contributed by atoms with E-state index in [1.807, 2.05) is 42.8 Å². The molecule has 8 heteroatoms. The van der Waals surface area contributed by atoms with Crippen molar-refractivity contribution in [3.05, 3.63) is 81.6 Å². The fourth-order valence-electron chi connectivity index (χ4n) is 4.44. The Morgan fingerprint density at radius 1 is 1.12 bits per heavy atom. The number of carbonyl (C=O) groups is 1. The number of amides is 1. The molecule has 0 N–H and O–H groups in total. The number of carbonyl (C=O) groups excluding carboxylic acids is 1. The molecule has 2 saturated heterocycles. The Hall–Kier alpha value is -2.35. The molecule has 3 aromatic rings. The van der Waals surface area contributed by atoms with Crippen LogP contribution < -0.4 is 4.90 Å². The summed E-state index contributed by atoms with van der Waals surface area (Å²) in [6, 6.07) is 16.0. The van der Waals surface area contributed by atoms with Crippen LogP contribution in [0.15, 0.2) is 48.5 Å². The van der Waals surface area contributed by atoms with Gasteiger partial charge in [0.25, 0.3) is 5.91 Å². The molecule has 0 unspecified atom stereocenters. The summed E-state index contributed by atoms with van der Waals surface area (Å²) >= 11 is 14.0. The number of thiocarbonyl (C=S) groups is 1. The van der Waals surface area contributed by atoms with Crippen molar-refractivity contribution in [1.82, 2.24) is 14.7 Å². The van der Waals surface area contributed by atoms with Crippen molar-refractivity contribution >= 4 is 52.3 Å². The smallest absolute Gasteiger partial charge is 0.257 e. The zero-order valence-corrected chi connectivity index (χ0v) is 20.5. The third-order valence-electron chi connectivity index (χ3n) is 6.13. The van der Waals surface area contributed by atoms with E-state index in [2.05, 4.69) is 36.1 Å². The SMILES string of the molecule is Cc1ccc([C@H]2SC[C@@H]3C(=O)N(c4c(C)nn(Cc5ccccc5Cl)c4C)C(=S)N32)cc1. The zero-order chi connectivity index (χ0) is 22.6. The number of anilines is 1. The average Bonchev–Trinajstić information content (AvgIpc) is 3.39. The van der Waals surface area contributed by atoms with Gasteiger partial charge in [0.15, 0.2) is 5.11 Å². The second-order valence-electron chi connectivity index (χ2n) is 8.24. The fraction of sp³-hybridized carbons (Fsp3) is 0.292. The molecule has 0 radical (unpaired) electrons. The molecular weight excluding hydrogens is 460 g/mol. The third kappa shape index (κ3) is 3.43. The molecule has 32 heavy (non-hydrogen) atoms. The topological polar surface area (TPSA) is 41.4 Å². The van der Waals surface area contributed by atoms with Crippen LogP contribution in [0.25, 0.3) is 0 Å².